The maximum Gasteiger partial charge on any atom is 0.435 e. The molecule has 0 bridgehead atoms. The van der Waals surface area contributed by atoms with Crippen LogP contribution in [0.2, 0.25) is 0 Å². The molecule has 1 aliphatic carbocycles. The number of aliphatic carboxylic acids is 1. The van der Waals surface area contributed by atoms with Crippen LogP contribution < -0.4 is 0 Å². The summed E-state index contributed by atoms with van der Waals surface area (Å²) in [6.45, 7) is 0.0897. The number of aromatic nitrogens is 2. The van der Waals surface area contributed by atoms with Crippen molar-refractivity contribution in [1.29, 1.82) is 0 Å². The quantitative estimate of drug-likeness (QED) is 0.463. The summed E-state index contributed by atoms with van der Waals surface area (Å²) in [6, 6.07) is 0. The van der Waals surface area contributed by atoms with Gasteiger partial charge in [-0.15, -0.1) is 0 Å². The zero-order chi connectivity index (χ0) is 15.5. The number of carboxylic acids is 1. The van der Waals surface area contributed by atoms with Crippen LogP contribution in [0.25, 0.3) is 0 Å². The number of hydrogen-bond acceptors (Lipinski definition) is 2. The second kappa shape index (κ2) is 4.53. The van der Waals surface area contributed by atoms with Gasteiger partial charge in [0.1, 0.15) is 12.2 Å². The average Bonchev–Trinajstić information content (AvgIpc) is 2.71. The molecule has 20 heavy (non-hydrogen) atoms. The molecule has 1 heterocycles. The van der Waals surface area contributed by atoms with E-state index in [1.807, 2.05) is 0 Å². The first-order valence-corrected chi connectivity index (χ1v) is 6.64. The maximum absolute atomic E-state index is 14.1. The van der Waals surface area contributed by atoms with Crippen LogP contribution in [0.5, 0.6) is 0 Å². The van der Waals surface area contributed by atoms with Crippen molar-refractivity contribution in [3.63, 3.8) is 0 Å². The van der Waals surface area contributed by atoms with E-state index in [0.29, 0.717) is 0 Å². The molecule has 1 aromatic rings. The molecule has 0 aliphatic heterocycles. The van der Waals surface area contributed by atoms with E-state index in [-0.39, 0.29) is 4.68 Å². The molecule has 0 fully saturated rings. The van der Waals surface area contributed by atoms with Gasteiger partial charge in [0, 0.05) is 15.4 Å². The van der Waals surface area contributed by atoms with Gasteiger partial charge in [-0.2, -0.15) is 27.1 Å². The van der Waals surface area contributed by atoms with Gasteiger partial charge in [0.05, 0.1) is 0 Å². The van der Waals surface area contributed by atoms with E-state index in [1.165, 1.54) is 22.6 Å². The molecule has 0 spiro atoms. The molecule has 0 saturated carbocycles. The van der Waals surface area contributed by atoms with Crippen molar-refractivity contribution >= 4 is 28.6 Å². The lowest BCUT2D eigenvalue weighted by Gasteiger charge is -2.19. The number of carbonyl (C=O) groups is 1. The van der Waals surface area contributed by atoms with Crippen molar-refractivity contribution in [2.75, 3.05) is 0 Å². The molecule has 112 valence electrons. The number of rotatable bonds is 2. The maximum atomic E-state index is 14.1. The minimum atomic E-state index is -4.91. The molecule has 0 amide bonds. The fourth-order valence-corrected chi connectivity index (χ4v) is 3.23. The molecule has 0 aromatic carbocycles. The van der Waals surface area contributed by atoms with Crippen molar-refractivity contribution in [3.05, 3.63) is 17.0 Å². The van der Waals surface area contributed by atoms with Crippen LogP contribution in [0, 0.1) is 5.92 Å². The average molecular weight is 410 g/mol. The number of nitrogens with zero attached hydrogens (tertiary/aromatic N) is 2. The summed E-state index contributed by atoms with van der Waals surface area (Å²) in [4.78, 5) is 10.6. The summed E-state index contributed by atoms with van der Waals surface area (Å²) >= 11 is 1.51. The predicted molar refractivity (Wildman–Crippen MR) is 64.7 cm³/mol. The summed E-state index contributed by atoms with van der Waals surface area (Å²) in [5.74, 6) is -6.45. The number of carboxylic acid groups (broad SMARTS) is 1. The van der Waals surface area contributed by atoms with Crippen LogP contribution in [-0.4, -0.2) is 20.9 Å². The fourth-order valence-electron chi connectivity index (χ4n) is 2.19. The normalized spacial score (nSPS) is 24.8. The SMILES string of the molecule is C[C@@H]1[C@H](I)c2c(C(F)(F)F)nn(CC(=O)O)c2C1(F)F. The summed E-state index contributed by atoms with van der Waals surface area (Å²) in [7, 11) is 0. The second-order valence-corrected chi connectivity index (χ2v) is 5.82. The van der Waals surface area contributed by atoms with Crippen LogP contribution in [0.3, 0.4) is 0 Å². The van der Waals surface area contributed by atoms with E-state index >= 15 is 0 Å². The van der Waals surface area contributed by atoms with Gasteiger partial charge in [-0.25, -0.2) is 0 Å². The van der Waals surface area contributed by atoms with Gasteiger partial charge in [-0.1, -0.05) is 29.5 Å². The Kier molecular flexibility index (Phi) is 3.50. The number of fused-ring (bicyclic) bond motifs is 1. The molecular weight excluding hydrogens is 402 g/mol. The van der Waals surface area contributed by atoms with Gasteiger partial charge in [0.25, 0.3) is 5.92 Å². The van der Waals surface area contributed by atoms with Crippen LogP contribution in [-0.2, 0) is 23.4 Å². The topological polar surface area (TPSA) is 55.1 Å². The highest BCUT2D eigenvalue weighted by atomic mass is 127. The summed E-state index contributed by atoms with van der Waals surface area (Å²) in [5, 5.41) is 11.7. The fraction of sp³-hybridized carbons (Fsp3) is 0.600. The van der Waals surface area contributed by atoms with E-state index in [4.69, 9.17) is 5.11 Å². The Bertz CT molecular complexity index is 569. The van der Waals surface area contributed by atoms with Crippen molar-refractivity contribution in [2.24, 2.45) is 5.92 Å². The molecule has 4 nitrogen and oxygen atoms in total. The van der Waals surface area contributed by atoms with Crippen LogP contribution in [0.15, 0.2) is 0 Å². The number of hydrogen-bond donors (Lipinski definition) is 1. The highest BCUT2D eigenvalue weighted by Gasteiger charge is 2.58. The van der Waals surface area contributed by atoms with Crippen molar-refractivity contribution in [2.45, 2.75) is 29.5 Å². The predicted octanol–water partition coefficient (Wildman–Crippen LogP) is 3.20. The highest BCUT2D eigenvalue weighted by molar-refractivity contribution is 14.1. The standard InChI is InChI=1S/C10H8F5IN2O2/c1-3-6(16)5-7(10(13,14)15)17-18(2-4(19)20)8(5)9(3,11)12/h3,6H,2H2,1H3,(H,19,20)/t3-,6+/m1/s1. The third-order valence-corrected chi connectivity index (χ3v) is 4.85. The van der Waals surface area contributed by atoms with Gasteiger partial charge in [0.15, 0.2) is 5.69 Å². The molecule has 0 saturated heterocycles. The molecule has 0 radical (unpaired) electrons. The number of alkyl halides is 6. The van der Waals surface area contributed by atoms with Crippen molar-refractivity contribution in [1.82, 2.24) is 9.78 Å². The van der Waals surface area contributed by atoms with Crippen molar-refractivity contribution in [3.8, 4) is 0 Å². The smallest absolute Gasteiger partial charge is 0.435 e. The van der Waals surface area contributed by atoms with Gasteiger partial charge in [-0.3, -0.25) is 9.48 Å². The first-order valence-electron chi connectivity index (χ1n) is 5.40. The van der Waals surface area contributed by atoms with E-state index < -0.39 is 51.4 Å². The zero-order valence-corrected chi connectivity index (χ0v) is 12.0. The molecular formula is C10H8F5IN2O2. The first-order chi connectivity index (χ1) is 8.98. The van der Waals surface area contributed by atoms with Gasteiger partial charge >= 0.3 is 12.1 Å². The van der Waals surface area contributed by atoms with Gasteiger partial charge in [0.2, 0.25) is 0 Å². The largest absolute Gasteiger partial charge is 0.480 e. The molecule has 1 N–H and O–H groups in total. The Labute approximate surface area is 123 Å². The molecule has 1 aromatic heterocycles. The Hall–Kier alpha value is -0.940. The van der Waals surface area contributed by atoms with Crippen LogP contribution in [0.1, 0.15) is 27.8 Å². The molecule has 1 aliphatic rings. The molecule has 0 unspecified atom stereocenters. The van der Waals surface area contributed by atoms with Crippen molar-refractivity contribution < 1.29 is 31.9 Å². The molecule has 2 atom stereocenters. The minimum Gasteiger partial charge on any atom is -0.480 e. The van der Waals surface area contributed by atoms with E-state index in [9.17, 15) is 26.7 Å². The van der Waals surface area contributed by atoms with E-state index in [2.05, 4.69) is 5.10 Å². The monoisotopic (exact) mass is 410 g/mol. The van der Waals surface area contributed by atoms with E-state index in [0.717, 1.165) is 6.92 Å². The Morgan fingerprint density at radius 1 is 1.50 bits per heavy atom. The summed E-state index contributed by atoms with van der Waals surface area (Å²) in [5.41, 5.74) is -2.99. The second-order valence-electron chi connectivity index (χ2n) is 4.47. The Balaban J connectivity index is 2.71. The minimum absolute atomic E-state index is 0.246. The Morgan fingerprint density at radius 2 is 2.05 bits per heavy atom. The lowest BCUT2D eigenvalue weighted by molar-refractivity contribution is -0.144. The highest BCUT2D eigenvalue weighted by Crippen LogP contribution is 2.57. The summed E-state index contributed by atoms with van der Waals surface area (Å²) in [6.07, 6.45) is -4.91. The lowest BCUT2D eigenvalue weighted by atomic mass is 10.1. The summed E-state index contributed by atoms with van der Waals surface area (Å²) < 4.78 is 65.9. The Morgan fingerprint density at radius 3 is 2.50 bits per heavy atom. The molecule has 10 heteroatoms. The van der Waals surface area contributed by atoms with Crippen LogP contribution >= 0.6 is 22.6 Å². The first kappa shape index (κ1) is 15.4. The van der Waals surface area contributed by atoms with Gasteiger partial charge < -0.3 is 5.11 Å². The third-order valence-electron chi connectivity index (χ3n) is 3.14. The number of halogens is 6. The van der Waals surface area contributed by atoms with Gasteiger partial charge in [-0.05, 0) is 0 Å². The van der Waals surface area contributed by atoms with Crippen LogP contribution in [0.4, 0.5) is 22.0 Å². The molecule has 2 rings (SSSR count). The third kappa shape index (κ3) is 2.17. The zero-order valence-electron chi connectivity index (χ0n) is 9.88. The lowest BCUT2D eigenvalue weighted by Crippen LogP contribution is -2.25. The van der Waals surface area contributed by atoms with E-state index in [1.54, 1.807) is 0 Å².